The number of anilines is 1. The van der Waals surface area contributed by atoms with E-state index in [0.29, 0.717) is 18.8 Å². The number of carbonyl (C=O) groups is 1. The fourth-order valence-electron chi connectivity index (χ4n) is 4.54. The highest BCUT2D eigenvalue weighted by Gasteiger charge is 2.24. The van der Waals surface area contributed by atoms with Gasteiger partial charge < -0.3 is 9.80 Å². The van der Waals surface area contributed by atoms with Gasteiger partial charge in [0, 0.05) is 42.5 Å². The summed E-state index contributed by atoms with van der Waals surface area (Å²) in [4.78, 5) is 21.7. The minimum atomic E-state index is 0.157. The Bertz CT molecular complexity index is 1510. The molecule has 0 unspecified atom stereocenters. The number of benzene rings is 3. The molecule has 1 fully saturated rings. The third kappa shape index (κ3) is 4.54. The van der Waals surface area contributed by atoms with Crippen molar-refractivity contribution in [2.24, 2.45) is 0 Å². The van der Waals surface area contributed by atoms with Gasteiger partial charge in [0.1, 0.15) is 5.69 Å². The Labute approximate surface area is 218 Å². The molecule has 8 heteroatoms. The van der Waals surface area contributed by atoms with Crippen LogP contribution in [0.4, 0.5) is 5.82 Å². The number of aryl methyl sites for hydroxylation is 1. The van der Waals surface area contributed by atoms with Crippen LogP contribution in [0.25, 0.3) is 32.2 Å². The molecule has 0 atom stereocenters. The fourth-order valence-corrected chi connectivity index (χ4v) is 6.51. The summed E-state index contributed by atoms with van der Waals surface area (Å²) in [5.41, 5.74) is 4.18. The number of para-hydroxylation sites is 1. The summed E-state index contributed by atoms with van der Waals surface area (Å²) in [6.07, 6.45) is 0. The first-order valence-corrected chi connectivity index (χ1v) is 13.8. The molecule has 0 N–H and O–H groups in total. The number of aromatic nitrogens is 3. The van der Waals surface area contributed by atoms with E-state index < -0.39 is 0 Å². The van der Waals surface area contributed by atoms with E-state index in [1.165, 1.54) is 17.3 Å². The fraction of sp³-hybridized carbons (Fsp3) is 0.214. The normalized spacial score (nSPS) is 14.0. The molecule has 3 aromatic carbocycles. The van der Waals surface area contributed by atoms with Crippen LogP contribution in [0.15, 0.2) is 77.1 Å². The van der Waals surface area contributed by atoms with Crippen molar-refractivity contribution >= 4 is 55.8 Å². The van der Waals surface area contributed by atoms with Crippen LogP contribution >= 0.6 is 23.1 Å². The standard InChI is InChI=1S/C28H25N5OS2/c1-19-10-12-20(13-11-19)26-21-6-2-3-7-22(21)27(31-30-26)33-16-14-32(15-17-33)25(34)18-35-28-29-23-8-4-5-9-24(23)36-28/h2-13H,14-18H2,1H3. The van der Waals surface area contributed by atoms with Gasteiger partial charge >= 0.3 is 0 Å². The van der Waals surface area contributed by atoms with E-state index >= 15 is 0 Å². The lowest BCUT2D eigenvalue weighted by atomic mass is 10.0. The van der Waals surface area contributed by atoms with Crippen LogP contribution in [-0.2, 0) is 4.79 Å². The van der Waals surface area contributed by atoms with Crippen LogP contribution in [0.5, 0.6) is 0 Å². The molecule has 36 heavy (non-hydrogen) atoms. The molecular weight excluding hydrogens is 486 g/mol. The minimum absolute atomic E-state index is 0.157. The second kappa shape index (κ2) is 9.87. The predicted molar refractivity (Wildman–Crippen MR) is 149 cm³/mol. The molecule has 6 nitrogen and oxygen atoms in total. The number of amides is 1. The summed E-state index contributed by atoms with van der Waals surface area (Å²) in [6.45, 7) is 4.91. The number of thiazole rings is 1. The van der Waals surface area contributed by atoms with Gasteiger partial charge in [-0.1, -0.05) is 78.0 Å². The molecule has 5 aromatic rings. The van der Waals surface area contributed by atoms with E-state index in [-0.39, 0.29) is 5.91 Å². The highest BCUT2D eigenvalue weighted by Crippen LogP contribution is 2.32. The number of piperazine rings is 1. The monoisotopic (exact) mass is 511 g/mol. The molecule has 6 rings (SSSR count). The van der Waals surface area contributed by atoms with Crippen LogP contribution in [0.3, 0.4) is 0 Å². The van der Waals surface area contributed by atoms with Crippen molar-refractivity contribution in [3.63, 3.8) is 0 Å². The number of hydrogen-bond donors (Lipinski definition) is 0. The van der Waals surface area contributed by atoms with Crippen molar-refractivity contribution < 1.29 is 4.79 Å². The first kappa shape index (κ1) is 22.9. The van der Waals surface area contributed by atoms with Gasteiger partial charge in [0.25, 0.3) is 0 Å². The summed E-state index contributed by atoms with van der Waals surface area (Å²) in [6, 6.07) is 24.8. The third-order valence-electron chi connectivity index (χ3n) is 6.52. The average molecular weight is 512 g/mol. The second-order valence-corrected chi connectivity index (χ2v) is 11.1. The Balaban J connectivity index is 1.14. The van der Waals surface area contributed by atoms with Gasteiger partial charge in [0.2, 0.25) is 5.91 Å². The molecule has 1 aliphatic heterocycles. The molecule has 1 amide bonds. The highest BCUT2D eigenvalue weighted by atomic mass is 32.2. The quantitative estimate of drug-likeness (QED) is 0.284. The van der Waals surface area contributed by atoms with Crippen molar-refractivity contribution in [2.75, 3.05) is 36.8 Å². The second-order valence-electron chi connectivity index (χ2n) is 8.89. The lowest BCUT2D eigenvalue weighted by molar-refractivity contribution is -0.128. The van der Waals surface area contributed by atoms with Crippen LogP contribution in [0.2, 0.25) is 0 Å². The van der Waals surface area contributed by atoms with Gasteiger partial charge in [0.15, 0.2) is 10.2 Å². The van der Waals surface area contributed by atoms with Gasteiger partial charge in [-0.05, 0) is 19.1 Å². The minimum Gasteiger partial charge on any atom is -0.351 e. The molecule has 0 bridgehead atoms. The van der Waals surface area contributed by atoms with E-state index in [9.17, 15) is 4.79 Å². The summed E-state index contributed by atoms with van der Waals surface area (Å²) >= 11 is 3.17. The Morgan fingerprint density at radius 2 is 1.61 bits per heavy atom. The van der Waals surface area contributed by atoms with Crippen LogP contribution < -0.4 is 4.90 Å². The van der Waals surface area contributed by atoms with Gasteiger partial charge in [-0.2, -0.15) is 0 Å². The highest BCUT2D eigenvalue weighted by molar-refractivity contribution is 8.01. The van der Waals surface area contributed by atoms with E-state index in [0.717, 1.165) is 55.5 Å². The van der Waals surface area contributed by atoms with E-state index in [4.69, 9.17) is 0 Å². The van der Waals surface area contributed by atoms with Crippen LogP contribution in [0, 0.1) is 6.92 Å². The molecule has 180 valence electrons. The topological polar surface area (TPSA) is 62.2 Å². The largest absolute Gasteiger partial charge is 0.351 e. The Morgan fingerprint density at radius 3 is 2.39 bits per heavy atom. The van der Waals surface area contributed by atoms with E-state index in [1.807, 2.05) is 35.2 Å². The maximum Gasteiger partial charge on any atom is 0.233 e. The molecule has 1 saturated heterocycles. The zero-order valence-corrected chi connectivity index (χ0v) is 21.6. The van der Waals surface area contributed by atoms with Crippen LogP contribution in [-0.4, -0.2) is 57.9 Å². The Morgan fingerprint density at radius 1 is 0.889 bits per heavy atom. The number of carbonyl (C=O) groups excluding carboxylic acids is 1. The van der Waals surface area contributed by atoms with Gasteiger partial charge in [-0.25, -0.2) is 4.98 Å². The lowest BCUT2D eigenvalue weighted by Crippen LogP contribution is -2.49. The van der Waals surface area contributed by atoms with Crippen molar-refractivity contribution in [2.45, 2.75) is 11.3 Å². The average Bonchev–Trinajstić information content (AvgIpc) is 3.35. The lowest BCUT2D eigenvalue weighted by Gasteiger charge is -2.35. The maximum absolute atomic E-state index is 12.9. The van der Waals surface area contributed by atoms with Gasteiger partial charge in [-0.3, -0.25) is 4.79 Å². The summed E-state index contributed by atoms with van der Waals surface area (Å²) in [5.74, 6) is 1.45. The molecule has 0 aliphatic carbocycles. The van der Waals surface area contributed by atoms with Crippen molar-refractivity contribution in [3.8, 4) is 11.3 Å². The number of nitrogens with zero attached hydrogens (tertiary/aromatic N) is 5. The van der Waals surface area contributed by atoms with E-state index in [2.05, 4.69) is 69.5 Å². The molecular formula is C28H25N5OS2. The number of thioether (sulfide) groups is 1. The summed E-state index contributed by atoms with van der Waals surface area (Å²) in [7, 11) is 0. The third-order valence-corrected chi connectivity index (χ3v) is 8.68. The summed E-state index contributed by atoms with van der Waals surface area (Å²) < 4.78 is 2.10. The smallest absolute Gasteiger partial charge is 0.233 e. The van der Waals surface area contributed by atoms with Gasteiger partial charge in [-0.15, -0.1) is 21.5 Å². The predicted octanol–water partition coefficient (Wildman–Crippen LogP) is 5.66. The molecule has 1 aliphatic rings. The first-order chi connectivity index (χ1) is 17.7. The molecule has 0 spiro atoms. The Hall–Kier alpha value is -3.49. The number of hydrogen-bond acceptors (Lipinski definition) is 7. The Kier molecular flexibility index (Phi) is 6.29. The van der Waals surface area contributed by atoms with Crippen molar-refractivity contribution in [1.29, 1.82) is 0 Å². The SMILES string of the molecule is Cc1ccc(-c2nnc(N3CCN(C(=O)CSc4nc5ccccc5s4)CC3)c3ccccc23)cc1. The summed E-state index contributed by atoms with van der Waals surface area (Å²) in [5, 5.41) is 11.5. The maximum atomic E-state index is 12.9. The van der Waals surface area contributed by atoms with Crippen molar-refractivity contribution in [3.05, 3.63) is 78.4 Å². The molecule has 0 radical (unpaired) electrons. The van der Waals surface area contributed by atoms with Gasteiger partial charge in [0.05, 0.1) is 16.0 Å². The zero-order chi connectivity index (χ0) is 24.5. The molecule has 3 heterocycles. The van der Waals surface area contributed by atoms with Crippen molar-refractivity contribution in [1.82, 2.24) is 20.1 Å². The number of rotatable bonds is 5. The molecule has 0 saturated carbocycles. The van der Waals surface area contributed by atoms with Crippen LogP contribution in [0.1, 0.15) is 5.56 Å². The zero-order valence-electron chi connectivity index (χ0n) is 19.9. The number of fused-ring (bicyclic) bond motifs is 2. The first-order valence-electron chi connectivity index (χ1n) is 12.0. The molecule has 2 aromatic heterocycles. The van der Waals surface area contributed by atoms with E-state index in [1.54, 1.807) is 11.3 Å².